The molecule has 0 unspecified atom stereocenters. The third-order valence-electron chi connectivity index (χ3n) is 5.32. The molecular weight excluding hydrogens is 332 g/mol. The molecule has 4 rings (SSSR count). The Morgan fingerprint density at radius 3 is 2.44 bits per heavy atom. The van der Waals surface area contributed by atoms with Crippen molar-refractivity contribution in [2.24, 2.45) is 0 Å². The summed E-state index contributed by atoms with van der Waals surface area (Å²) in [5.41, 5.74) is 2.46. The largest absolute Gasteiger partial charge is 0.293 e. The summed E-state index contributed by atoms with van der Waals surface area (Å²) >= 11 is 0. The maximum Gasteiger partial charge on any atom is 0.185 e. The number of carbonyl (C=O) groups is 2. The fraction of sp³-hybridized carbons (Fsp3) is 0.120. The molecule has 1 aliphatic rings. The topological polar surface area (TPSA) is 34.1 Å². The van der Waals surface area contributed by atoms with E-state index in [-0.39, 0.29) is 11.6 Å². The van der Waals surface area contributed by atoms with E-state index >= 15 is 0 Å². The van der Waals surface area contributed by atoms with E-state index in [1.165, 1.54) is 6.08 Å². The van der Waals surface area contributed by atoms with E-state index in [0.29, 0.717) is 11.1 Å². The van der Waals surface area contributed by atoms with Gasteiger partial charge in [-0.3, -0.25) is 9.59 Å². The molecule has 2 heteroatoms. The highest BCUT2D eigenvalue weighted by molar-refractivity contribution is 6.12. The summed E-state index contributed by atoms with van der Waals surface area (Å²) < 4.78 is 0. The minimum Gasteiger partial charge on any atom is -0.293 e. The van der Waals surface area contributed by atoms with Crippen molar-refractivity contribution in [2.75, 3.05) is 0 Å². The van der Waals surface area contributed by atoms with Gasteiger partial charge in [0.1, 0.15) is 0 Å². The molecule has 1 atom stereocenters. The summed E-state index contributed by atoms with van der Waals surface area (Å²) in [6, 6.07) is 21.5. The first kappa shape index (κ1) is 17.2. The minimum absolute atomic E-state index is 0.0313. The van der Waals surface area contributed by atoms with E-state index in [1.807, 2.05) is 86.7 Å². The van der Waals surface area contributed by atoms with Gasteiger partial charge in [0.05, 0.1) is 5.41 Å². The highest BCUT2D eigenvalue weighted by Gasteiger charge is 2.37. The number of fused-ring (bicyclic) bond motifs is 2. The third kappa shape index (κ3) is 2.93. The van der Waals surface area contributed by atoms with Crippen LogP contribution in [0.2, 0.25) is 0 Å². The molecule has 0 saturated carbocycles. The van der Waals surface area contributed by atoms with Gasteiger partial charge in [-0.15, -0.1) is 0 Å². The van der Waals surface area contributed by atoms with Crippen molar-refractivity contribution in [3.63, 3.8) is 0 Å². The van der Waals surface area contributed by atoms with Crippen molar-refractivity contribution < 1.29 is 9.59 Å². The second-order valence-corrected chi connectivity index (χ2v) is 7.21. The Bertz CT molecular complexity index is 1130. The number of benzene rings is 3. The number of allylic oxidation sites excluding steroid dienone is 3. The van der Waals surface area contributed by atoms with Crippen LogP contribution in [0, 0.1) is 0 Å². The fourth-order valence-electron chi connectivity index (χ4n) is 3.77. The number of hydrogen-bond acceptors (Lipinski definition) is 2. The molecule has 0 amide bonds. The highest BCUT2D eigenvalue weighted by atomic mass is 16.1. The van der Waals surface area contributed by atoms with Crippen LogP contribution in [0.3, 0.4) is 0 Å². The molecule has 27 heavy (non-hydrogen) atoms. The molecule has 0 bridgehead atoms. The summed E-state index contributed by atoms with van der Waals surface area (Å²) in [4.78, 5) is 25.7. The van der Waals surface area contributed by atoms with Crippen molar-refractivity contribution in [1.82, 2.24) is 0 Å². The normalized spacial score (nSPS) is 19.2. The predicted molar refractivity (Wildman–Crippen MR) is 110 cm³/mol. The van der Waals surface area contributed by atoms with Gasteiger partial charge in [0.2, 0.25) is 0 Å². The Labute approximate surface area is 158 Å². The molecule has 0 aromatic heterocycles. The zero-order valence-electron chi connectivity index (χ0n) is 15.4. The minimum atomic E-state index is -0.831. The van der Waals surface area contributed by atoms with Crippen LogP contribution in [0.15, 0.2) is 84.5 Å². The Morgan fingerprint density at radius 2 is 1.63 bits per heavy atom. The number of rotatable bonds is 3. The molecule has 0 radical (unpaired) electrons. The van der Waals surface area contributed by atoms with Gasteiger partial charge in [-0.25, -0.2) is 0 Å². The smallest absolute Gasteiger partial charge is 0.185 e. The second kappa shape index (κ2) is 6.48. The van der Waals surface area contributed by atoms with E-state index in [9.17, 15) is 9.59 Å². The second-order valence-electron chi connectivity index (χ2n) is 7.21. The maximum atomic E-state index is 12.9. The van der Waals surface area contributed by atoms with E-state index in [2.05, 4.69) is 0 Å². The average Bonchev–Trinajstić information content (AvgIpc) is 2.70. The van der Waals surface area contributed by atoms with Crippen LogP contribution in [-0.2, 0) is 10.2 Å². The van der Waals surface area contributed by atoms with E-state index in [4.69, 9.17) is 0 Å². The first-order valence-electron chi connectivity index (χ1n) is 9.04. The zero-order valence-corrected chi connectivity index (χ0v) is 15.4. The Morgan fingerprint density at radius 1 is 0.926 bits per heavy atom. The van der Waals surface area contributed by atoms with Gasteiger partial charge >= 0.3 is 0 Å². The maximum absolute atomic E-state index is 12.9. The molecule has 0 saturated heterocycles. The lowest BCUT2D eigenvalue weighted by atomic mass is 9.70. The molecule has 1 aliphatic carbocycles. The molecule has 0 aliphatic heterocycles. The van der Waals surface area contributed by atoms with Gasteiger partial charge in [-0.05, 0) is 59.5 Å². The van der Waals surface area contributed by atoms with Crippen molar-refractivity contribution in [1.29, 1.82) is 0 Å². The van der Waals surface area contributed by atoms with E-state index < -0.39 is 5.41 Å². The monoisotopic (exact) mass is 352 g/mol. The van der Waals surface area contributed by atoms with Crippen LogP contribution in [0.25, 0.3) is 16.8 Å². The van der Waals surface area contributed by atoms with E-state index in [0.717, 1.165) is 21.9 Å². The number of ketones is 2. The van der Waals surface area contributed by atoms with Gasteiger partial charge in [-0.2, -0.15) is 0 Å². The summed E-state index contributed by atoms with van der Waals surface area (Å²) in [6.07, 6.45) is 5.21. The van der Waals surface area contributed by atoms with Gasteiger partial charge < -0.3 is 0 Å². The van der Waals surface area contributed by atoms with Gasteiger partial charge in [0.25, 0.3) is 0 Å². The Hall–Kier alpha value is -3.26. The van der Waals surface area contributed by atoms with Crippen LogP contribution in [-0.4, -0.2) is 11.6 Å². The molecule has 132 valence electrons. The van der Waals surface area contributed by atoms with Crippen LogP contribution in [0.5, 0.6) is 0 Å². The lowest BCUT2D eigenvalue weighted by molar-refractivity contribution is -0.118. The summed E-state index contributed by atoms with van der Waals surface area (Å²) in [7, 11) is 0. The van der Waals surface area contributed by atoms with Crippen molar-refractivity contribution in [3.8, 4) is 0 Å². The average molecular weight is 352 g/mol. The van der Waals surface area contributed by atoms with Crippen molar-refractivity contribution in [2.45, 2.75) is 19.3 Å². The Balaban J connectivity index is 1.71. The van der Waals surface area contributed by atoms with Gasteiger partial charge in [0.15, 0.2) is 11.6 Å². The predicted octanol–water partition coefficient (Wildman–Crippen LogP) is 5.52. The lowest BCUT2D eigenvalue weighted by Crippen LogP contribution is -2.34. The number of carbonyl (C=O) groups excluding carboxylic acids is 2. The molecule has 0 fully saturated rings. The quantitative estimate of drug-likeness (QED) is 0.459. The van der Waals surface area contributed by atoms with Crippen LogP contribution in [0.1, 0.15) is 35.3 Å². The first-order valence-corrected chi connectivity index (χ1v) is 9.04. The standard InChI is InChI=1S/C25H20O2/c1-17-15-20-9-5-6-10-22(20)25(2,24(17)27)14-13-23(26)21-12-11-18-7-3-4-8-19(18)16-21/h3-16H,1-2H3/b14-13-/t25-/m1/s1. The van der Waals surface area contributed by atoms with Crippen LogP contribution >= 0.6 is 0 Å². The molecule has 2 nitrogen and oxygen atoms in total. The molecule has 0 spiro atoms. The zero-order chi connectivity index (χ0) is 19.0. The van der Waals surface area contributed by atoms with Crippen molar-refractivity contribution in [3.05, 3.63) is 101 Å². The summed E-state index contributed by atoms with van der Waals surface area (Å²) in [6.45, 7) is 3.71. The van der Waals surface area contributed by atoms with Gasteiger partial charge in [-0.1, -0.05) is 66.7 Å². The van der Waals surface area contributed by atoms with Crippen LogP contribution < -0.4 is 0 Å². The number of hydrogen-bond donors (Lipinski definition) is 0. The highest BCUT2D eigenvalue weighted by Crippen LogP contribution is 2.37. The fourth-order valence-corrected chi connectivity index (χ4v) is 3.77. The lowest BCUT2D eigenvalue weighted by Gasteiger charge is -2.31. The first-order chi connectivity index (χ1) is 13.0. The van der Waals surface area contributed by atoms with Crippen molar-refractivity contribution >= 4 is 28.4 Å². The summed E-state index contributed by atoms with van der Waals surface area (Å²) in [5.74, 6) is -0.0665. The molecule has 3 aromatic rings. The van der Waals surface area contributed by atoms with Gasteiger partial charge in [0, 0.05) is 5.56 Å². The summed E-state index contributed by atoms with van der Waals surface area (Å²) in [5, 5.41) is 2.13. The van der Waals surface area contributed by atoms with E-state index in [1.54, 1.807) is 6.08 Å². The number of Topliss-reactive ketones (excluding diaryl/α,β-unsaturated/α-hetero) is 1. The molecular formula is C25H20O2. The Kier molecular flexibility index (Phi) is 4.12. The third-order valence-corrected chi connectivity index (χ3v) is 5.32. The SMILES string of the molecule is CC1=Cc2ccccc2[C@@](C)(/C=C\C(=O)c2ccc3ccccc3c2)C1=O. The molecule has 0 N–H and O–H groups in total. The molecule has 0 heterocycles. The molecule has 3 aromatic carbocycles. The van der Waals surface area contributed by atoms with Crippen LogP contribution in [0.4, 0.5) is 0 Å².